The van der Waals surface area contributed by atoms with Gasteiger partial charge in [0.15, 0.2) is 0 Å². The Balaban J connectivity index is 2.21. The van der Waals surface area contributed by atoms with Crippen molar-refractivity contribution in [1.29, 1.82) is 0 Å². The number of nitrogens with zero attached hydrogens (tertiary/aromatic N) is 1. The fourth-order valence-corrected chi connectivity index (χ4v) is 1.25. The topological polar surface area (TPSA) is 80.3 Å². The Hall–Kier alpha value is -2.11. The van der Waals surface area contributed by atoms with Gasteiger partial charge in [0.2, 0.25) is 0 Å². The van der Waals surface area contributed by atoms with Gasteiger partial charge in [0, 0.05) is 25.5 Å². The molecule has 1 aromatic heterocycles. The van der Waals surface area contributed by atoms with Crippen LogP contribution in [-0.4, -0.2) is 35.7 Å². The fraction of sp³-hybridized carbons (Fsp3) is 0.462. The largest absolute Gasteiger partial charge is 0.444 e. The molecule has 6 heteroatoms. The van der Waals surface area contributed by atoms with Crippen LogP contribution in [0.1, 0.15) is 31.1 Å². The van der Waals surface area contributed by atoms with Gasteiger partial charge < -0.3 is 15.4 Å². The van der Waals surface area contributed by atoms with Crippen LogP contribution in [0.25, 0.3) is 0 Å². The van der Waals surface area contributed by atoms with Crippen molar-refractivity contribution in [2.24, 2.45) is 0 Å². The Labute approximate surface area is 112 Å². The van der Waals surface area contributed by atoms with Gasteiger partial charge in [-0.05, 0) is 32.9 Å². The molecule has 1 aromatic rings. The van der Waals surface area contributed by atoms with E-state index in [1.54, 1.807) is 39.1 Å². The molecule has 0 aliphatic heterocycles. The number of carbonyl (C=O) groups is 2. The lowest BCUT2D eigenvalue weighted by molar-refractivity contribution is 0.0526. The fourth-order valence-electron chi connectivity index (χ4n) is 1.25. The van der Waals surface area contributed by atoms with Crippen molar-refractivity contribution in [2.45, 2.75) is 26.4 Å². The average Bonchev–Trinajstić information content (AvgIpc) is 2.33. The summed E-state index contributed by atoms with van der Waals surface area (Å²) in [5.74, 6) is -0.223. The maximum Gasteiger partial charge on any atom is 0.407 e. The Morgan fingerprint density at radius 2 is 1.95 bits per heavy atom. The lowest BCUT2D eigenvalue weighted by atomic mass is 10.2. The van der Waals surface area contributed by atoms with Crippen molar-refractivity contribution in [3.8, 4) is 0 Å². The second-order valence-electron chi connectivity index (χ2n) is 4.93. The number of rotatable bonds is 4. The highest BCUT2D eigenvalue weighted by atomic mass is 16.6. The summed E-state index contributed by atoms with van der Waals surface area (Å²) in [5, 5.41) is 5.22. The molecular formula is C13H19N3O3. The molecule has 0 saturated carbocycles. The molecule has 0 aliphatic rings. The van der Waals surface area contributed by atoms with Crippen LogP contribution in [0.2, 0.25) is 0 Å². The van der Waals surface area contributed by atoms with Crippen LogP contribution in [0.5, 0.6) is 0 Å². The Morgan fingerprint density at radius 3 is 2.53 bits per heavy atom. The highest BCUT2D eigenvalue weighted by Crippen LogP contribution is 2.05. The smallest absolute Gasteiger partial charge is 0.407 e. The molecule has 0 fully saturated rings. The van der Waals surface area contributed by atoms with Crippen LogP contribution in [0.4, 0.5) is 4.79 Å². The van der Waals surface area contributed by atoms with Gasteiger partial charge >= 0.3 is 6.09 Å². The van der Waals surface area contributed by atoms with Gasteiger partial charge in [0.1, 0.15) is 5.60 Å². The first-order valence-corrected chi connectivity index (χ1v) is 6.03. The number of nitrogens with one attached hydrogen (secondary N) is 2. The van der Waals surface area contributed by atoms with Crippen LogP contribution in [-0.2, 0) is 4.74 Å². The number of aromatic nitrogens is 1. The molecule has 0 atom stereocenters. The third-order valence-corrected chi connectivity index (χ3v) is 2.00. The second kappa shape index (κ2) is 6.72. The van der Waals surface area contributed by atoms with Crippen LogP contribution in [0.15, 0.2) is 24.5 Å². The minimum absolute atomic E-state index is 0.223. The molecule has 2 N–H and O–H groups in total. The second-order valence-corrected chi connectivity index (χ2v) is 4.93. The molecule has 0 unspecified atom stereocenters. The van der Waals surface area contributed by atoms with Crippen LogP contribution in [0.3, 0.4) is 0 Å². The number of hydrogen-bond donors (Lipinski definition) is 2. The zero-order valence-electron chi connectivity index (χ0n) is 11.4. The van der Waals surface area contributed by atoms with E-state index >= 15 is 0 Å². The minimum Gasteiger partial charge on any atom is -0.444 e. The average molecular weight is 265 g/mol. The molecule has 2 amide bonds. The van der Waals surface area contributed by atoms with Gasteiger partial charge in [-0.25, -0.2) is 4.79 Å². The van der Waals surface area contributed by atoms with Crippen LogP contribution < -0.4 is 10.6 Å². The summed E-state index contributed by atoms with van der Waals surface area (Å²) in [4.78, 5) is 26.8. The maximum atomic E-state index is 11.6. The summed E-state index contributed by atoms with van der Waals surface area (Å²) in [6, 6.07) is 3.36. The summed E-state index contributed by atoms with van der Waals surface area (Å²) in [6.45, 7) is 6.00. The first-order chi connectivity index (χ1) is 8.88. The Bertz CT molecular complexity index is 427. The Morgan fingerprint density at radius 1 is 1.26 bits per heavy atom. The van der Waals surface area contributed by atoms with Gasteiger partial charge in [0.05, 0.1) is 5.56 Å². The number of carbonyl (C=O) groups excluding carboxylic acids is 2. The van der Waals surface area contributed by atoms with Crippen molar-refractivity contribution >= 4 is 12.0 Å². The lowest BCUT2D eigenvalue weighted by Gasteiger charge is -2.19. The zero-order chi connectivity index (χ0) is 14.3. The number of amides is 2. The molecule has 104 valence electrons. The van der Waals surface area contributed by atoms with Crippen LogP contribution in [0, 0.1) is 0 Å². The molecule has 1 heterocycles. The SMILES string of the molecule is CC(C)(C)OC(=O)NCCNC(=O)c1cccnc1. The third kappa shape index (κ3) is 6.40. The molecule has 6 nitrogen and oxygen atoms in total. The van der Waals surface area contributed by atoms with E-state index in [4.69, 9.17) is 4.74 Å². The quantitative estimate of drug-likeness (QED) is 0.805. The molecule has 0 aliphatic carbocycles. The van der Waals surface area contributed by atoms with Gasteiger partial charge in [0.25, 0.3) is 5.91 Å². The first-order valence-electron chi connectivity index (χ1n) is 6.03. The molecule has 0 saturated heterocycles. The molecule has 0 spiro atoms. The molecule has 0 aromatic carbocycles. The normalized spacial score (nSPS) is 10.7. The highest BCUT2D eigenvalue weighted by molar-refractivity contribution is 5.93. The van der Waals surface area contributed by atoms with E-state index < -0.39 is 11.7 Å². The van der Waals surface area contributed by atoms with E-state index in [0.717, 1.165) is 0 Å². The number of pyridine rings is 1. The van der Waals surface area contributed by atoms with Crippen LogP contribution >= 0.6 is 0 Å². The standard InChI is InChI=1S/C13H19N3O3/c1-13(2,3)19-12(18)16-8-7-15-11(17)10-5-4-6-14-9-10/h4-6,9H,7-8H2,1-3H3,(H,15,17)(H,16,18). The molecule has 0 bridgehead atoms. The van der Waals surface area contributed by atoms with Gasteiger partial charge in [-0.2, -0.15) is 0 Å². The third-order valence-electron chi connectivity index (χ3n) is 2.00. The molecule has 19 heavy (non-hydrogen) atoms. The van der Waals surface area contributed by atoms with Crippen molar-refractivity contribution in [3.63, 3.8) is 0 Å². The maximum absolute atomic E-state index is 11.6. The number of alkyl carbamates (subject to hydrolysis) is 1. The van der Waals surface area contributed by atoms with Crippen molar-refractivity contribution < 1.29 is 14.3 Å². The summed E-state index contributed by atoms with van der Waals surface area (Å²) >= 11 is 0. The van der Waals surface area contributed by atoms with Gasteiger partial charge in [-0.3, -0.25) is 9.78 Å². The predicted molar refractivity (Wildman–Crippen MR) is 70.8 cm³/mol. The Kier molecular flexibility index (Phi) is 5.29. The van der Waals surface area contributed by atoms with E-state index in [2.05, 4.69) is 15.6 Å². The number of ether oxygens (including phenoxy) is 1. The first kappa shape index (κ1) is 14.9. The summed E-state index contributed by atoms with van der Waals surface area (Å²) < 4.78 is 5.06. The monoisotopic (exact) mass is 265 g/mol. The number of hydrogen-bond acceptors (Lipinski definition) is 4. The highest BCUT2D eigenvalue weighted by Gasteiger charge is 2.15. The summed E-state index contributed by atoms with van der Waals surface area (Å²) in [5.41, 5.74) is -0.0389. The molecule has 1 rings (SSSR count). The van der Waals surface area contributed by atoms with Gasteiger partial charge in [-0.1, -0.05) is 0 Å². The zero-order valence-corrected chi connectivity index (χ0v) is 11.4. The molecule has 0 radical (unpaired) electrons. The van der Waals surface area contributed by atoms with E-state index in [0.29, 0.717) is 18.7 Å². The van der Waals surface area contributed by atoms with Crippen molar-refractivity contribution in [2.75, 3.05) is 13.1 Å². The molecular weight excluding hydrogens is 246 g/mol. The van der Waals surface area contributed by atoms with Gasteiger partial charge in [-0.15, -0.1) is 0 Å². The predicted octanol–water partition coefficient (Wildman–Crippen LogP) is 1.34. The van der Waals surface area contributed by atoms with E-state index in [-0.39, 0.29) is 5.91 Å². The van der Waals surface area contributed by atoms with E-state index in [9.17, 15) is 9.59 Å². The minimum atomic E-state index is -0.525. The van der Waals surface area contributed by atoms with E-state index in [1.165, 1.54) is 6.20 Å². The van der Waals surface area contributed by atoms with E-state index in [1.807, 2.05) is 0 Å². The summed E-state index contributed by atoms with van der Waals surface area (Å²) in [6.07, 6.45) is 2.58. The van der Waals surface area contributed by atoms with Crippen molar-refractivity contribution in [1.82, 2.24) is 15.6 Å². The van der Waals surface area contributed by atoms with Crippen molar-refractivity contribution in [3.05, 3.63) is 30.1 Å². The summed E-state index contributed by atoms with van der Waals surface area (Å²) in [7, 11) is 0. The lowest BCUT2D eigenvalue weighted by Crippen LogP contribution is -2.37.